The van der Waals surface area contributed by atoms with Gasteiger partial charge in [0.05, 0.1) is 4.90 Å². The van der Waals surface area contributed by atoms with Gasteiger partial charge in [0.2, 0.25) is 10.0 Å². The van der Waals surface area contributed by atoms with Gasteiger partial charge in [-0.1, -0.05) is 29.8 Å². The fourth-order valence-corrected chi connectivity index (χ4v) is 3.65. The molecule has 1 N–H and O–H groups in total. The molecule has 0 saturated heterocycles. The van der Waals surface area contributed by atoms with E-state index in [2.05, 4.69) is 9.46 Å². The zero-order valence-electron chi connectivity index (χ0n) is 12.8. The first-order valence-corrected chi connectivity index (χ1v) is 8.94. The molecular formula is C16H16ClF2NO3S. The highest BCUT2D eigenvalue weighted by atomic mass is 35.5. The molecule has 0 unspecified atom stereocenters. The Balaban J connectivity index is 1.97. The highest BCUT2D eigenvalue weighted by molar-refractivity contribution is 7.89. The normalized spacial score (nSPS) is 11.7. The summed E-state index contributed by atoms with van der Waals surface area (Å²) in [5.41, 5.74) is 1.28. The van der Waals surface area contributed by atoms with Crippen molar-refractivity contribution in [2.24, 2.45) is 0 Å². The van der Waals surface area contributed by atoms with E-state index in [9.17, 15) is 17.2 Å². The molecule has 0 heterocycles. The molecule has 0 aromatic heterocycles. The Hall–Kier alpha value is -1.70. The number of sulfonamides is 1. The van der Waals surface area contributed by atoms with E-state index in [0.29, 0.717) is 17.0 Å². The van der Waals surface area contributed by atoms with Gasteiger partial charge in [-0.05, 0) is 48.7 Å². The average molecular weight is 376 g/mol. The molecule has 2 aromatic carbocycles. The molecular weight excluding hydrogens is 360 g/mol. The Kier molecular flexibility index (Phi) is 6.15. The summed E-state index contributed by atoms with van der Waals surface area (Å²) >= 11 is 5.94. The van der Waals surface area contributed by atoms with Gasteiger partial charge in [-0.15, -0.1) is 0 Å². The SMILES string of the molecule is Cc1c(Cl)cccc1S(=O)(=O)NCCc1ccc(OC(F)F)cc1. The summed E-state index contributed by atoms with van der Waals surface area (Å²) in [6, 6.07) is 10.7. The molecule has 130 valence electrons. The summed E-state index contributed by atoms with van der Waals surface area (Å²) in [7, 11) is -3.67. The van der Waals surface area contributed by atoms with E-state index in [1.807, 2.05) is 0 Å². The Bertz CT molecular complexity index is 795. The van der Waals surface area contributed by atoms with Crippen LogP contribution in [0, 0.1) is 6.92 Å². The van der Waals surface area contributed by atoms with Crippen LogP contribution in [-0.4, -0.2) is 21.6 Å². The molecule has 0 bridgehead atoms. The van der Waals surface area contributed by atoms with Gasteiger partial charge in [-0.25, -0.2) is 13.1 Å². The van der Waals surface area contributed by atoms with Crippen LogP contribution in [0.25, 0.3) is 0 Å². The minimum atomic E-state index is -3.67. The summed E-state index contributed by atoms with van der Waals surface area (Å²) in [6.07, 6.45) is 0.411. The summed E-state index contributed by atoms with van der Waals surface area (Å²) in [5, 5.41) is 0.382. The number of nitrogens with one attached hydrogen (secondary N) is 1. The van der Waals surface area contributed by atoms with Crippen LogP contribution in [0.1, 0.15) is 11.1 Å². The summed E-state index contributed by atoms with van der Waals surface area (Å²) < 4.78 is 55.5. The Morgan fingerprint density at radius 3 is 2.46 bits per heavy atom. The molecule has 4 nitrogen and oxygen atoms in total. The quantitative estimate of drug-likeness (QED) is 0.801. The van der Waals surface area contributed by atoms with Crippen LogP contribution in [0.2, 0.25) is 5.02 Å². The summed E-state index contributed by atoms with van der Waals surface area (Å²) in [4.78, 5) is 0.135. The molecule has 24 heavy (non-hydrogen) atoms. The lowest BCUT2D eigenvalue weighted by molar-refractivity contribution is -0.0498. The lowest BCUT2D eigenvalue weighted by Gasteiger charge is -2.10. The van der Waals surface area contributed by atoms with Crippen LogP contribution in [0.3, 0.4) is 0 Å². The van der Waals surface area contributed by atoms with E-state index in [1.165, 1.54) is 18.2 Å². The Morgan fingerprint density at radius 1 is 1.17 bits per heavy atom. The van der Waals surface area contributed by atoms with Crippen molar-refractivity contribution in [2.45, 2.75) is 24.9 Å². The molecule has 0 saturated carbocycles. The molecule has 0 spiro atoms. The van der Waals surface area contributed by atoms with Gasteiger partial charge in [0.25, 0.3) is 0 Å². The third kappa shape index (κ3) is 4.90. The minimum absolute atomic E-state index is 0.0592. The fourth-order valence-electron chi connectivity index (χ4n) is 2.12. The van der Waals surface area contributed by atoms with Crippen LogP contribution in [0.4, 0.5) is 8.78 Å². The van der Waals surface area contributed by atoms with Crippen molar-refractivity contribution in [3.63, 3.8) is 0 Å². The van der Waals surface area contributed by atoms with Crippen molar-refractivity contribution < 1.29 is 21.9 Å². The summed E-state index contributed by atoms with van der Waals surface area (Å²) in [5.74, 6) is 0.0592. The molecule has 0 radical (unpaired) electrons. The van der Waals surface area contributed by atoms with E-state index in [1.54, 1.807) is 31.2 Å². The van der Waals surface area contributed by atoms with Crippen molar-refractivity contribution in [3.8, 4) is 5.75 Å². The highest BCUT2D eigenvalue weighted by Crippen LogP contribution is 2.22. The summed E-state index contributed by atoms with van der Waals surface area (Å²) in [6.45, 7) is -1.06. The Labute approximate surface area is 144 Å². The number of benzene rings is 2. The molecule has 0 aliphatic carbocycles. The molecule has 0 atom stereocenters. The number of rotatable bonds is 7. The predicted molar refractivity (Wildman–Crippen MR) is 88.2 cm³/mol. The first kappa shape index (κ1) is 18.6. The van der Waals surface area contributed by atoms with Crippen molar-refractivity contribution in [1.82, 2.24) is 4.72 Å². The topological polar surface area (TPSA) is 55.4 Å². The van der Waals surface area contributed by atoms with Crippen molar-refractivity contribution >= 4 is 21.6 Å². The molecule has 0 aliphatic rings. The van der Waals surface area contributed by atoms with Gasteiger partial charge in [0.1, 0.15) is 5.75 Å². The zero-order valence-corrected chi connectivity index (χ0v) is 14.4. The van der Waals surface area contributed by atoms with Crippen LogP contribution < -0.4 is 9.46 Å². The molecule has 0 aliphatic heterocycles. The van der Waals surface area contributed by atoms with E-state index in [-0.39, 0.29) is 17.2 Å². The monoisotopic (exact) mass is 375 g/mol. The predicted octanol–water partition coefficient (Wildman–Crippen LogP) is 3.77. The number of hydrogen-bond donors (Lipinski definition) is 1. The van der Waals surface area contributed by atoms with E-state index in [4.69, 9.17) is 11.6 Å². The Morgan fingerprint density at radius 2 is 1.83 bits per heavy atom. The van der Waals surface area contributed by atoms with Gasteiger partial charge >= 0.3 is 6.61 Å². The van der Waals surface area contributed by atoms with Gasteiger partial charge in [0.15, 0.2) is 0 Å². The molecule has 0 amide bonds. The first-order valence-electron chi connectivity index (χ1n) is 7.08. The number of hydrogen-bond acceptors (Lipinski definition) is 3. The van der Waals surface area contributed by atoms with Gasteiger partial charge in [0, 0.05) is 11.6 Å². The highest BCUT2D eigenvalue weighted by Gasteiger charge is 2.17. The number of alkyl halides is 2. The maximum atomic E-state index is 12.3. The third-order valence-corrected chi connectivity index (χ3v) is 5.38. The third-order valence-electron chi connectivity index (χ3n) is 3.36. The van der Waals surface area contributed by atoms with Gasteiger partial charge in [-0.2, -0.15) is 8.78 Å². The van der Waals surface area contributed by atoms with Gasteiger partial charge in [-0.3, -0.25) is 0 Å². The lowest BCUT2D eigenvalue weighted by atomic mass is 10.1. The van der Waals surface area contributed by atoms with Crippen molar-refractivity contribution in [1.29, 1.82) is 0 Å². The van der Waals surface area contributed by atoms with E-state index < -0.39 is 16.6 Å². The molecule has 0 fully saturated rings. The van der Waals surface area contributed by atoms with Crippen LogP contribution >= 0.6 is 11.6 Å². The van der Waals surface area contributed by atoms with E-state index in [0.717, 1.165) is 5.56 Å². The molecule has 8 heteroatoms. The minimum Gasteiger partial charge on any atom is -0.435 e. The van der Waals surface area contributed by atoms with E-state index >= 15 is 0 Å². The van der Waals surface area contributed by atoms with Crippen LogP contribution in [0.15, 0.2) is 47.4 Å². The molecule has 2 rings (SSSR count). The van der Waals surface area contributed by atoms with Gasteiger partial charge < -0.3 is 4.74 Å². The lowest BCUT2D eigenvalue weighted by Crippen LogP contribution is -2.26. The van der Waals surface area contributed by atoms with Crippen molar-refractivity contribution in [2.75, 3.05) is 6.54 Å². The van der Waals surface area contributed by atoms with Crippen LogP contribution in [0.5, 0.6) is 5.75 Å². The second-order valence-electron chi connectivity index (χ2n) is 5.03. The standard InChI is InChI=1S/C16H16ClF2NO3S/c1-11-14(17)3-2-4-15(11)24(21,22)20-10-9-12-5-7-13(8-6-12)23-16(18)19/h2-8,16,20H,9-10H2,1H3. The van der Waals surface area contributed by atoms with Crippen LogP contribution in [-0.2, 0) is 16.4 Å². The largest absolute Gasteiger partial charge is 0.435 e. The average Bonchev–Trinajstić information content (AvgIpc) is 2.51. The number of halogens is 3. The maximum Gasteiger partial charge on any atom is 0.387 e. The molecule has 2 aromatic rings. The first-order chi connectivity index (χ1) is 11.3. The number of ether oxygens (including phenoxy) is 1. The second kappa shape index (κ2) is 7.92. The zero-order chi connectivity index (χ0) is 17.7. The smallest absolute Gasteiger partial charge is 0.387 e. The van der Waals surface area contributed by atoms with Crippen molar-refractivity contribution in [3.05, 3.63) is 58.6 Å². The maximum absolute atomic E-state index is 12.3. The fraction of sp³-hybridized carbons (Fsp3) is 0.250. The second-order valence-corrected chi connectivity index (χ2v) is 7.18.